The van der Waals surface area contributed by atoms with E-state index in [1.165, 1.54) is 70.3 Å². The molecule has 1 unspecified atom stereocenters. The van der Waals surface area contributed by atoms with Gasteiger partial charge in [0.05, 0.1) is 32.1 Å². The lowest BCUT2D eigenvalue weighted by atomic mass is 10.1. The number of ether oxygens (including phenoxy) is 2. The van der Waals surface area contributed by atoms with Gasteiger partial charge in [0.25, 0.3) is 5.56 Å². The lowest BCUT2D eigenvalue weighted by molar-refractivity contribution is -0.0474. The van der Waals surface area contributed by atoms with E-state index in [2.05, 4.69) is 19.6 Å². The Bertz CT molecular complexity index is 1070. The number of nitrogens with one attached hydrogen (secondary N) is 1. The number of nitrogens with zero attached hydrogens (tertiary/aromatic N) is 1. The average Bonchev–Trinajstić information content (AvgIpc) is 3.28. The smallest absolute Gasteiger partial charge is 0.390 e. The number of unbranched alkanes of at least 4 members (excludes halogenated alkanes) is 11. The molecule has 0 amide bonds. The maximum atomic E-state index is 13.5. The summed E-state index contributed by atoms with van der Waals surface area (Å²) in [6.45, 7) is 7.39. The predicted molar refractivity (Wildman–Crippen MR) is 162 cm³/mol. The van der Waals surface area contributed by atoms with Crippen LogP contribution in [0.1, 0.15) is 89.7 Å². The quantitative estimate of drug-likeness (QED) is 0.0803. The van der Waals surface area contributed by atoms with Gasteiger partial charge in [-0.3, -0.25) is 23.4 Å². The van der Waals surface area contributed by atoms with Crippen LogP contribution >= 0.6 is 7.82 Å². The van der Waals surface area contributed by atoms with E-state index in [0.717, 1.165) is 17.4 Å². The first-order valence-corrected chi connectivity index (χ1v) is 20.6. The fourth-order valence-corrected chi connectivity index (χ4v) is 6.88. The van der Waals surface area contributed by atoms with Gasteiger partial charge >= 0.3 is 13.5 Å². The molecule has 11 nitrogen and oxygen atoms in total. The van der Waals surface area contributed by atoms with Gasteiger partial charge in [0.2, 0.25) is 5.82 Å². The summed E-state index contributed by atoms with van der Waals surface area (Å²) in [4.78, 5) is 34.8. The van der Waals surface area contributed by atoms with Crippen molar-refractivity contribution in [2.24, 2.45) is 0 Å². The number of halogens is 1. The lowest BCUT2D eigenvalue weighted by Gasteiger charge is -2.18. The van der Waals surface area contributed by atoms with Crippen LogP contribution in [0.3, 0.4) is 0 Å². The van der Waals surface area contributed by atoms with Crippen LogP contribution in [0.2, 0.25) is 25.7 Å². The molecule has 42 heavy (non-hydrogen) atoms. The van der Waals surface area contributed by atoms with Crippen LogP contribution < -0.4 is 11.2 Å². The zero-order valence-corrected chi connectivity index (χ0v) is 27.5. The largest absolute Gasteiger partial charge is 0.472 e. The molecule has 0 aromatic carbocycles. The normalized spacial score (nSPS) is 20.7. The minimum absolute atomic E-state index is 0.108. The van der Waals surface area contributed by atoms with Crippen molar-refractivity contribution in [3.8, 4) is 0 Å². The van der Waals surface area contributed by atoms with E-state index < -0.39 is 58.0 Å². The van der Waals surface area contributed by atoms with E-state index in [-0.39, 0.29) is 19.6 Å². The zero-order chi connectivity index (χ0) is 31.0. The maximum absolute atomic E-state index is 13.5. The van der Waals surface area contributed by atoms with Crippen LogP contribution in [0.5, 0.6) is 0 Å². The molecular weight excluding hydrogens is 586 g/mol. The summed E-state index contributed by atoms with van der Waals surface area (Å²) in [5.41, 5.74) is -2.07. The second-order valence-electron chi connectivity index (χ2n) is 12.3. The second-order valence-corrected chi connectivity index (χ2v) is 19.4. The van der Waals surface area contributed by atoms with Gasteiger partial charge in [-0.1, -0.05) is 96.3 Å². The number of rotatable bonds is 23. The molecule has 1 aliphatic rings. The highest BCUT2D eigenvalue weighted by Gasteiger charge is 2.37. The Morgan fingerprint density at radius 3 is 2.12 bits per heavy atom. The number of phosphoric acid groups is 1. The molecule has 1 aromatic heterocycles. The van der Waals surface area contributed by atoms with Crippen molar-refractivity contribution in [1.29, 1.82) is 0 Å². The van der Waals surface area contributed by atoms with E-state index in [4.69, 9.17) is 18.5 Å². The van der Waals surface area contributed by atoms with Crippen LogP contribution in [0.4, 0.5) is 4.39 Å². The second kappa shape index (κ2) is 19.3. The number of hydrogen-bond donors (Lipinski definition) is 3. The molecule has 1 aliphatic heterocycles. The Labute approximate surface area is 249 Å². The Morgan fingerprint density at radius 1 is 0.952 bits per heavy atom. The van der Waals surface area contributed by atoms with Gasteiger partial charge in [-0.05, 0) is 6.42 Å². The highest BCUT2D eigenvalue weighted by atomic mass is 31.2. The van der Waals surface area contributed by atoms with Gasteiger partial charge in [0.15, 0.2) is 0 Å². The lowest BCUT2D eigenvalue weighted by Crippen LogP contribution is -2.34. The third-order valence-corrected chi connectivity index (χ3v) is 10.1. The molecular formula is C28H52FN2O9PSi. The van der Waals surface area contributed by atoms with Crippen molar-refractivity contribution >= 4 is 15.9 Å². The van der Waals surface area contributed by atoms with Crippen LogP contribution in [-0.2, 0) is 23.1 Å². The number of aromatic nitrogens is 2. The number of hydrogen-bond acceptors (Lipinski definition) is 8. The highest BCUT2D eigenvalue weighted by molar-refractivity contribution is 7.47. The van der Waals surface area contributed by atoms with Crippen molar-refractivity contribution in [3.63, 3.8) is 0 Å². The third kappa shape index (κ3) is 15.5. The fourth-order valence-electron chi connectivity index (χ4n) is 4.86. The minimum Gasteiger partial charge on any atom is -0.390 e. The van der Waals surface area contributed by atoms with E-state index in [1.54, 1.807) is 4.98 Å². The Morgan fingerprint density at radius 2 is 1.52 bits per heavy atom. The number of phosphoric ester groups is 1. The van der Waals surface area contributed by atoms with Crippen LogP contribution in [0.15, 0.2) is 15.8 Å². The van der Waals surface area contributed by atoms with Crippen molar-refractivity contribution in [2.45, 2.75) is 128 Å². The summed E-state index contributed by atoms with van der Waals surface area (Å²) < 4.78 is 47.2. The molecule has 0 saturated carbocycles. The Hall–Kier alpha value is -1.18. The summed E-state index contributed by atoms with van der Waals surface area (Å²) in [5, 5.41) is 10.2. The molecule has 0 radical (unpaired) electrons. The topological polar surface area (TPSA) is 149 Å². The van der Waals surface area contributed by atoms with E-state index in [9.17, 15) is 28.5 Å². The van der Waals surface area contributed by atoms with Crippen LogP contribution in [0.25, 0.3) is 0 Å². The number of aromatic amines is 1. The first-order valence-electron chi connectivity index (χ1n) is 15.4. The number of aliphatic hydroxyl groups is 1. The van der Waals surface area contributed by atoms with Crippen molar-refractivity contribution in [2.75, 3.05) is 26.4 Å². The molecule has 244 valence electrons. The average molecular weight is 639 g/mol. The molecule has 3 N–H and O–H groups in total. The van der Waals surface area contributed by atoms with Gasteiger partial charge in [0.1, 0.15) is 12.3 Å². The van der Waals surface area contributed by atoms with E-state index in [0.29, 0.717) is 12.8 Å². The van der Waals surface area contributed by atoms with E-state index >= 15 is 0 Å². The first-order chi connectivity index (χ1) is 19.9. The molecule has 1 fully saturated rings. The van der Waals surface area contributed by atoms with Crippen molar-refractivity contribution in [3.05, 3.63) is 32.9 Å². The molecule has 14 heteroatoms. The van der Waals surface area contributed by atoms with E-state index in [1.807, 2.05) is 0 Å². The predicted octanol–water partition coefficient (Wildman–Crippen LogP) is 5.49. The fraction of sp³-hybridized carbons (Fsp3) is 0.857. The monoisotopic (exact) mass is 638 g/mol. The summed E-state index contributed by atoms with van der Waals surface area (Å²) in [6, 6.07) is 1.45. The molecule has 1 saturated heterocycles. The number of aliphatic hydroxyl groups excluding tert-OH is 1. The Kier molecular flexibility index (Phi) is 17.0. The minimum atomic E-state index is -4.43. The Balaban J connectivity index is 1.43. The standard InChI is InChI=1S/C28H52FN2O9PSi/c1-42(2,3)19-15-13-11-9-7-5-4-6-8-10-12-14-16-37-17-18-38-41(35,36)39-22-25-24(32)20-26(40-25)31-21-23(29)27(33)30-28(31)34/h21,24-26,32H,4-20,22H2,1-3H3,(H,35,36)(H,30,33,34)/t24-,25+,26+/m0/s1. The molecule has 0 spiro atoms. The number of H-pyrrole nitrogens is 1. The summed E-state index contributed by atoms with van der Waals surface area (Å²) >= 11 is 0. The molecule has 0 aliphatic carbocycles. The van der Waals surface area contributed by atoms with Gasteiger partial charge in [-0.15, -0.1) is 0 Å². The summed E-state index contributed by atoms with van der Waals surface area (Å²) in [6.07, 6.45) is 12.5. The zero-order valence-electron chi connectivity index (χ0n) is 25.6. The van der Waals surface area contributed by atoms with Crippen molar-refractivity contribution in [1.82, 2.24) is 9.55 Å². The van der Waals surface area contributed by atoms with Gasteiger partial charge < -0.3 is 19.5 Å². The maximum Gasteiger partial charge on any atom is 0.472 e. The first kappa shape index (κ1) is 37.0. The van der Waals surface area contributed by atoms with Crippen LogP contribution in [0, 0.1) is 5.82 Å². The highest BCUT2D eigenvalue weighted by Crippen LogP contribution is 2.44. The van der Waals surface area contributed by atoms with Crippen LogP contribution in [-0.4, -0.2) is 66.3 Å². The van der Waals surface area contributed by atoms with Gasteiger partial charge in [-0.25, -0.2) is 9.36 Å². The SMILES string of the molecule is C[Si](C)(C)CCCCCCCCCCCCCCOCCOP(=O)(O)OC[C@H]1O[C@@H](n2cc(F)c(=O)[nH]c2=O)C[C@@H]1O. The third-order valence-electron chi connectivity index (χ3n) is 7.29. The molecule has 1 aromatic rings. The summed E-state index contributed by atoms with van der Waals surface area (Å²) in [5.74, 6) is -1.18. The van der Waals surface area contributed by atoms with Crippen molar-refractivity contribution < 1.29 is 37.5 Å². The van der Waals surface area contributed by atoms with Gasteiger partial charge in [0, 0.05) is 21.1 Å². The molecule has 2 heterocycles. The van der Waals surface area contributed by atoms with Gasteiger partial charge in [-0.2, -0.15) is 4.39 Å². The molecule has 0 bridgehead atoms. The molecule has 4 atom stereocenters. The molecule has 2 rings (SSSR count). The summed E-state index contributed by atoms with van der Waals surface area (Å²) in [7, 11) is -5.29.